The summed E-state index contributed by atoms with van der Waals surface area (Å²) in [7, 11) is 3.08. The van der Waals surface area contributed by atoms with E-state index in [1.165, 1.54) is 19.2 Å². The van der Waals surface area contributed by atoms with Gasteiger partial charge in [-0.15, -0.1) is 0 Å². The third kappa shape index (κ3) is 5.81. The van der Waals surface area contributed by atoms with Gasteiger partial charge in [0.05, 0.1) is 19.1 Å². The standard InChI is InChI=1S/C21H21FN6O5/c1-32-16-8-3-13(11-17(16)33-2)9-10-23-19-18(28(30)31)20(25-12-24-19)26-27-21(29)14-4-6-15(22)7-5-14/h3-8,11-12H,9-10H2,1-2H3,(H,27,29)(H2,23,24,25,26). The molecule has 1 aromatic heterocycles. The van der Waals surface area contributed by atoms with Crippen molar-refractivity contribution in [2.24, 2.45) is 0 Å². The maximum Gasteiger partial charge on any atom is 0.354 e. The van der Waals surface area contributed by atoms with Gasteiger partial charge in [0.2, 0.25) is 11.6 Å². The van der Waals surface area contributed by atoms with E-state index in [9.17, 15) is 19.3 Å². The van der Waals surface area contributed by atoms with Crippen LogP contribution in [0.3, 0.4) is 0 Å². The number of methoxy groups -OCH3 is 2. The maximum absolute atomic E-state index is 13.0. The molecule has 1 heterocycles. The number of nitrogens with zero attached hydrogens (tertiary/aromatic N) is 3. The summed E-state index contributed by atoms with van der Waals surface area (Å²) in [6.45, 7) is 0.328. The Kier molecular flexibility index (Phi) is 7.52. The van der Waals surface area contributed by atoms with Crippen molar-refractivity contribution in [3.63, 3.8) is 0 Å². The molecule has 172 valence electrons. The Labute approximate surface area is 188 Å². The highest BCUT2D eigenvalue weighted by atomic mass is 19.1. The van der Waals surface area contributed by atoms with Gasteiger partial charge < -0.3 is 14.8 Å². The molecule has 0 fully saturated rings. The van der Waals surface area contributed by atoms with E-state index < -0.39 is 22.3 Å². The highest BCUT2D eigenvalue weighted by Gasteiger charge is 2.23. The van der Waals surface area contributed by atoms with Gasteiger partial charge in [-0.05, 0) is 48.4 Å². The van der Waals surface area contributed by atoms with Gasteiger partial charge in [-0.3, -0.25) is 25.8 Å². The molecule has 1 amide bonds. The van der Waals surface area contributed by atoms with Crippen molar-refractivity contribution in [2.45, 2.75) is 6.42 Å². The predicted molar refractivity (Wildman–Crippen MR) is 118 cm³/mol. The number of ether oxygens (including phenoxy) is 2. The van der Waals surface area contributed by atoms with Gasteiger partial charge in [-0.2, -0.15) is 0 Å². The topological polar surface area (TPSA) is 141 Å². The molecule has 3 rings (SSSR count). The van der Waals surface area contributed by atoms with Crippen molar-refractivity contribution in [3.05, 3.63) is 75.9 Å². The molecule has 11 nitrogen and oxygen atoms in total. The van der Waals surface area contributed by atoms with Crippen LogP contribution in [0.2, 0.25) is 0 Å². The van der Waals surface area contributed by atoms with E-state index in [4.69, 9.17) is 9.47 Å². The lowest BCUT2D eigenvalue weighted by Crippen LogP contribution is -2.30. The molecule has 0 saturated heterocycles. The highest BCUT2D eigenvalue weighted by molar-refractivity contribution is 5.95. The fourth-order valence-electron chi connectivity index (χ4n) is 2.92. The zero-order valence-electron chi connectivity index (χ0n) is 17.8. The number of nitrogens with one attached hydrogen (secondary N) is 3. The van der Waals surface area contributed by atoms with Crippen molar-refractivity contribution in [1.29, 1.82) is 0 Å². The van der Waals surface area contributed by atoms with Crippen molar-refractivity contribution in [3.8, 4) is 11.5 Å². The zero-order chi connectivity index (χ0) is 23.8. The lowest BCUT2D eigenvalue weighted by Gasteiger charge is -2.12. The van der Waals surface area contributed by atoms with Crippen molar-refractivity contribution < 1.29 is 23.6 Å². The summed E-state index contributed by atoms with van der Waals surface area (Å²) in [5.74, 6) is -0.167. The second-order valence-corrected chi connectivity index (χ2v) is 6.63. The molecule has 3 aromatic rings. The number of benzene rings is 2. The fraction of sp³-hybridized carbons (Fsp3) is 0.190. The Hall–Kier alpha value is -4.48. The molecule has 3 N–H and O–H groups in total. The Morgan fingerprint density at radius 1 is 1.06 bits per heavy atom. The summed E-state index contributed by atoms with van der Waals surface area (Å²) >= 11 is 0. The normalized spacial score (nSPS) is 10.3. The van der Waals surface area contributed by atoms with Crippen LogP contribution < -0.4 is 25.6 Å². The number of hydrazine groups is 1. The van der Waals surface area contributed by atoms with E-state index in [2.05, 4.69) is 26.1 Å². The molecule has 0 aliphatic heterocycles. The van der Waals surface area contributed by atoms with Crippen LogP contribution in [-0.2, 0) is 6.42 Å². The Balaban J connectivity index is 1.68. The average molecular weight is 456 g/mol. The van der Waals surface area contributed by atoms with E-state index in [1.807, 2.05) is 12.1 Å². The first-order chi connectivity index (χ1) is 15.9. The monoisotopic (exact) mass is 456 g/mol. The lowest BCUT2D eigenvalue weighted by molar-refractivity contribution is -0.383. The summed E-state index contributed by atoms with van der Waals surface area (Å²) in [5.41, 5.74) is 5.37. The van der Waals surface area contributed by atoms with Crippen LogP contribution in [0.5, 0.6) is 11.5 Å². The summed E-state index contributed by atoms with van der Waals surface area (Å²) in [6, 6.07) is 10.3. The fourth-order valence-corrected chi connectivity index (χ4v) is 2.92. The van der Waals surface area contributed by atoms with Crippen LogP contribution in [0, 0.1) is 15.9 Å². The Bertz CT molecular complexity index is 1140. The number of anilines is 2. The number of aromatic nitrogens is 2. The zero-order valence-corrected chi connectivity index (χ0v) is 17.8. The van der Waals surface area contributed by atoms with Crippen LogP contribution in [-0.4, -0.2) is 41.6 Å². The summed E-state index contributed by atoms with van der Waals surface area (Å²) in [5, 5.41) is 14.6. The smallest absolute Gasteiger partial charge is 0.354 e. The second-order valence-electron chi connectivity index (χ2n) is 6.63. The first-order valence-corrected chi connectivity index (χ1v) is 9.69. The van der Waals surface area contributed by atoms with Gasteiger partial charge in [0.15, 0.2) is 11.5 Å². The van der Waals surface area contributed by atoms with Gasteiger partial charge in [-0.1, -0.05) is 6.07 Å². The minimum Gasteiger partial charge on any atom is -0.493 e. The maximum atomic E-state index is 13.0. The Morgan fingerprint density at radius 3 is 2.42 bits per heavy atom. The predicted octanol–water partition coefficient (Wildman–Crippen LogP) is 2.95. The number of hydrogen-bond acceptors (Lipinski definition) is 9. The summed E-state index contributed by atoms with van der Waals surface area (Å²) in [6.07, 6.45) is 1.64. The average Bonchev–Trinajstić information content (AvgIpc) is 2.82. The van der Waals surface area contributed by atoms with E-state index in [1.54, 1.807) is 13.2 Å². The van der Waals surface area contributed by atoms with Crippen molar-refractivity contribution in [2.75, 3.05) is 31.5 Å². The molecule has 0 unspecified atom stereocenters. The third-order valence-corrected chi connectivity index (χ3v) is 4.56. The number of carbonyl (C=O) groups excluding carboxylic acids is 1. The molecule has 0 radical (unpaired) electrons. The molecule has 0 aliphatic rings. The highest BCUT2D eigenvalue weighted by Crippen LogP contribution is 2.29. The molecule has 33 heavy (non-hydrogen) atoms. The largest absolute Gasteiger partial charge is 0.493 e. The number of rotatable bonds is 10. The van der Waals surface area contributed by atoms with Crippen molar-refractivity contribution in [1.82, 2.24) is 15.4 Å². The van der Waals surface area contributed by atoms with E-state index >= 15 is 0 Å². The number of hydrogen-bond donors (Lipinski definition) is 3. The molecule has 0 spiro atoms. The summed E-state index contributed by atoms with van der Waals surface area (Å²) in [4.78, 5) is 30.9. The molecular weight excluding hydrogens is 435 g/mol. The molecule has 0 atom stereocenters. The molecule has 0 saturated carbocycles. The van der Waals surface area contributed by atoms with Crippen LogP contribution in [0.4, 0.5) is 21.7 Å². The Morgan fingerprint density at radius 2 is 1.76 bits per heavy atom. The number of carbonyl (C=O) groups is 1. The summed E-state index contributed by atoms with van der Waals surface area (Å²) < 4.78 is 23.5. The van der Waals surface area contributed by atoms with Gasteiger partial charge >= 0.3 is 5.69 Å². The molecule has 12 heteroatoms. The number of amides is 1. The van der Waals surface area contributed by atoms with Crippen LogP contribution in [0.1, 0.15) is 15.9 Å². The van der Waals surface area contributed by atoms with Gasteiger partial charge in [-0.25, -0.2) is 14.4 Å². The first kappa shape index (κ1) is 23.2. The SMILES string of the molecule is COc1ccc(CCNc2ncnc(NNC(=O)c3ccc(F)cc3)c2[N+](=O)[O-])cc1OC. The van der Waals surface area contributed by atoms with Crippen LogP contribution >= 0.6 is 0 Å². The lowest BCUT2D eigenvalue weighted by atomic mass is 10.1. The minimum atomic E-state index is -0.662. The first-order valence-electron chi connectivity index (χ1n) is 9.69. The van der Waals surface area contributed by atoms with E-state index in [-0.39, 0.29) is 17.2 Å². The molecule has 0 bridgehead atoms. The number of nitro groups is 1. The quantitative estimate of drug-likeness (QED) is 0.310. The third-order valence-electron chi connectivity index (χ3n) is 4.56. The van der Waals surface area contributed by atoms with Gasteiger partial charge in [0.1, 0.15) is 12.1 Å². The molecule has 0 aliphatic carbocycles. The molecular formula is C21H21FN6O5. The van der Waals surface area contributed by atoms with Crippen LogP contribution in [0.25, 0.3) is 0 Å². The van der Waals surface area contributed by atoms with E-state index in [0.717, 1.165) is 24.0 Å². The van der Waals surface area contributed by atoms with Crippen molar-refractivity contribution >= 4 is 23.2 Å². The van der Waals surface area contributed by atoms with Gasteiger partial charge in [0.25, 0.3) is 5.91 Å². The van der Waals surface area contributed by atoms with E-state index in [0.29, 0.717) is 24.5 Å². The number of halogens is 1. The minimum absolute atomic E-state index is 0.0194. The van der Waals surface area contributed by atoms with Crippen LogP contribution in [0.15, 0.2) is 48.8 Å². The molecule has 2 aromatic carbocycles. The van der Waals surface area contributed by atoms with Gasteiger partial charge in [0, 0.05) is 12.1 Å². The second kappa shape index (κ2) is 10.7.